The molecule has 0 aromatic heterocycles. The van der Waals surface area contributed by atoms with Crippen LogP contribution in [0.3, 0.4) is 0 Å². The third-order valence-electron chi connectivity index (χ3n) is 6.00. The van der Waals surface area contributed by atoms with Gasteiger partial charge in [-0.25, -0.2) is 8.42 Å². The fourth-order valence-electron chi connectivity index (χ4n) is 3.79. The highest BCUT2D eigenvalue weighted by Crippen LogP contribution is 2.22. The first-order valence-corrected chi connectivity index (χ1v) is 13.7. The van der Waals surface area contributed by atoms with Crippen molar-refractivity contribution in [1.82, 2.24) is 9.62 Å². The lowest BCUT2D eigenvalue weighted by Gasteiger charge is -2.31. The summed E-state index contributed by atoms with van der Waals surface area (Å²) in [4.78, 5) is 12.8. The number of rotatable bonds is 14. The number of nitrogens with one attached hydrogen (secondary N) is 1. The molecule has 35 heavy (non-hydrogen) atoms. The molecule has 1 amide bonds. The fourth-order valence-corrected chi connectivity index (χ4v) is 5.41. The zero-order valence-electron chi connectivity index (χ0n) is 21.5. The van der Waals surface area contributed by atoms with Crippen LogP contribution in [0.2, 0.25) is 0 Å². The van der Waals surface area contributed by atoms with E-state index in [1.807, 2.05) is 58.0 Å². The minimum atomic E-state index is -3.87. The number of ether oxygens (including phenoxy) is 1. The van der Waals surface area contributed by atoms with E-state index in [1.54, 1.807) is 12.1 Å². The molecule has 2 rings (SSSR count). The molecular weight excluding hydrogens is 464 g/mol. The maximum atomic E-state index is 13.5. The number of carbonyl (C=O) groups excluding carboxylic acids is 1. The molecule has 1 unspecified atom stereocenters. The van der Waals surface area contributed by atoms with Crippen LogP contribution in [0.25, 0.3) is 0 Å². The Kier molecular flexibility index (Phi) is 11.2. The van der Waals surface area contributed by atoms with Crippen molar-refractivity contribution in [2.24, 2.45) is 11.8 Å². The average Bonchev–Trinajstić information content (AvgIpc) is 2.83. The van der Waals surface area contributed by atoms with E-state index in [1.165, 1.54) is 23.5 Å². The van der Waals surface area contributed by atoms with Crippen molar-refractivity contribution in [2.75, 3.05) is 20.2 Å². The summed E-state index contributed by atoms with van der Waals surface area (Å²) in [6, 6.07) is 15.1. The highest BCUT2D eigenvalue weighted by Gasteiger charge is 2.31. The molecule has 2 aromatic rings. The minimum Gasteiger partial charge on any atom is -0.497 e. The van der Waals surface area contributed by atoms with E-state index in [2.05, 4.69) is 5.32 Å². The molecule has 0 fully saturated rings. The van der Waals surface area contributed by atoms with Crippen LogP contribution in [0.15, 0.2) is 59.5 Å². The van der Waals surface area contributed by atoms with Gasteiger partial charge in [-0.1, -0.05) is 64.4 Å². The summed E-state index contributed by atoms with van der Waals surface area (Å²) in [5, 5.41) is 14.2. The van der Waals surface area contributed by atoms with Crippen LogP contribution in [0.1, 0.15) is 46.1 Å². The van der Waals surface area contributed by atoms with Crippen molar-refractivity contribution in [3.8, 4) is 5.75 Å². The standard InChI is InChI=1S/C27H40N2O5S/c1-6-21(4)16-27(31)28-25(17-22-10-8-7-9-11-22)26(30)19-29(18-20(2)3)35(32,33)24-14-12-23(34-5)13-15-24/h7-15,20-21,25-26,30H,6,16-19H2,1-5H3,(H,28,31)/t21?,25-,26+/m0/s1. The van der Waals surface area contributed by atoms with Crippen molar-refractivity contribution < 1.29 is 23.1 Å². The number of hydrogen-bond donors (Lipinski definition) is 2. The van der Waals surface area contributed by atoms with Gasteiger partial charge in [-0.15, -0.1) is 0 Å². The summed E-state index contributed by atoms with van der Waals surface area (Å²) in [6.07, 6.45) is 0.533. The SMILES string of the molecule is CCC(C)CC(=O)N[C@@H](Cc1ccccc1)[C@H](O)CN(CC(C)C)S(=O)(=O)c1ccc(OC)cc1. The Balaban J connectivity index is 2.29. The molecule has 0 aliphatic carbocycles. The molecule has 0 aliphatic heterocycles. The van der Waals surface area contributed by atoms with E-state index < -0.39 is 22.2 Å². The highest BCUT2D eigenvalue weighted by molar-refractivity contribution is 7.89. The van der Waals surface area contributed by atoms with Crippen LogP contribution in [0, 0.1) is 11.8 Å². The van der Waals surface area contributed by atoms with Gasteiger partial charge < -0.3 is 15.2 Å². The number of amides is 1. The second-order valence-electron chi connectivity index (χ2n) is 9.54. The van der Waals surface area contributed by atoms with Gasteiger partial charge in [0, 0.05) is 19.5 Å². The van der Waals surface area contributed by atoms with Gasteiger partial charge in [0.1, 0.15) is 5.75 Å². The molecule has 8 heteroatoms. The number of nitrogens with zero attached hydrogens (tertiary/aromatic N) is 1. The van der Waals surface area contributed by atoms with Gasteiger partial charge in [-0.05, 0) is 48.1 Å². The van der Waals surface area contributed by atoms with Crippen LogP contribution in [-0.2, 0) is 21.2 Å². The van der Waals surface area contributed by atoms with E-state index >= 15 is 0 Å². The van der Waals surface area contributed by atoms with E-state index in [0.717, 1.165) is 12.0 Å². The Labute approximate surface area is 210 Å². The molecular formula is C27H40N2O5S. The van der Waals surface area contributed by atoms with Gasteiger partial charge in [0.15, 0.2) is 0 Å². The number of carbonyl (C=O) groups is 1. The molecule has 0 heterocycles. The number of benzene rings is 2. The lowest BCUT2D eigenvalue weighted by atomic mass is 9.99. The molecule has 0 radical (unpaired) electrons. The normalized spacial score (nSPS) is 14.5. The molecule has 2 aromatic carbocycles. The second kappa shape index (κ2) is 13.6. The van der Waals surface area contributed by atoms with Crippen molar-refractivity contribution in [3.05, 3.63) is 60.2 Å². The topological polar surface area (TPSA) is 95.9 Å². The molecule has 194 valence electrons. The maximum absolute atomic E-state index is 13.5. The van der Waals surface area contributed by atoms with Gasteiger partial charge in [0.25, 0.3) is 0 Å². The van der Waals surface area contributed by atoms with Gasteiger partial charge in [0.05, 0.1) is 24.2 Å². The highest BCUT2D eigenvalue weighted by atomic mass is 32.2. The zero-order valence-corrected chi connectivity index (χ0v) is 22.3. The van der Waals surface area contributed by atoms with E-state index in [-0.39, 0.29) is 35.7 Å². The third kappa shape index (κ3) is 8.94. The Hall–Kier alpha value is -2.42. The second-order valence-corrected chi connectivity index (χ2v) is 11.5. The monoisotopic (exact) mass is 504 g/mol. The Morgan fingerprint density at radius 3 is 2.20 bits per heavy atom. The molecule has 0 aliphatic rings. The number of aliphatic hydroxyl groups is 1. The van der Waals surface area contributed by atoms with E-state index in [0.29, 0.717) is 18.6 Å². The zero-order chi connectivity index (χ0) is 26.0. The lowest BCUT2D eigenvalue weighted by molar-refractivity contribution is -0.123. The third-order valence-corrected chi connectivity index (χ3v) is 7.84. The van der Waals surface area contributed by atoms with Gasteiger partial charge in [-0.3, -0.25) is 4.79 Å². The molecule has 7 nitrogen and oxygen atoms in total. The van der Waals surface area contributed by atoms with Crippen LogP contribution >= 0.6 is 0 Å². The molecule has 3 atom stereocenters. The predicted molar refractivity (Wildman–Crippen MR) is 139 cm³/mol. The molecule has 0 saturated heterocycles. The fraction of sp³-hybridized carbons (Fsp3) is 0.519. The van der Waals surface area contributed by atoms with Crippen molar-refractivity contribution >= 4 is 15.9 Å². The van der Waals surface area contributed by atoms with Crippen molar-refractivity contribution in [3.63, 3.8) is 0 Å². The van der Waals surface area contributed by atoms with E-state index in [4.69, 9.17) is 4.74 Å². The maximum Gasteiger partial charge on any atom is 0.243 e. The van der Waals surface area contributed by atoms with Crippen LogP contribution < -0.4 is 10.1 Å². The summed E-state index contributed by atoms with van der Waals surface area (Å²) in [5.74, 6) is 0.680. The smallest absolute Gasteiger partial charge is 0.243 e. The summed E-state index contributed by atoms with van der Waals surface area (Å²) in [7, 11) is -2.35. The Bertz CT molecular complexity index is 1010. The predicted octanol–water partition coefficient (Wildman–Crippen LogP) is 3.87. The summed E-state index contributed by atoms with van der Waals surface area (Å²) < 4.78 is 33.4. The molecule has 0 saturated carbocycles. The van der Waals surface area contributed by atoms with Gasteiger partial charge in [-0.2, -0.15) is 4.31 Å². The first-order chi connectivity index (χ1) is 16.6. The number of aliphatic hydroxyl groups excluding tert-OH is 1. The Morgan fingerprint density at radius 2 is 1.66 bits per heavy atom. The first kappa shape index (κ1) is 28.8. The van der Waals surface area contributed by atoms with E-state index in [9.17, 15) is 18.3 Å². The largest absolute Gasteiger partial charge is 0.497 e. The van der Waals surface area contributed by atoms with Crippen LogP contribution in [0.5, 0.6) is 5.75 Å². The molecule has 0 bridgehead atoms. The van der Waals surface area contributed by atoms with Crippen LogP contribution in [0.4, 0.5) is 0 Å². The molecule has 0 spiro atoms. The van der Waals surface area contributed by atoms with Crippen molar-refractivity contribution in [2.45, 2.75) is 64.0 Å². The minimum absolute atomic E-state index is 0.0443. The van der Waals surface area contributed by atoms with Gasteiger partial charge >= 0.3 is 0 Å². The molecule has 2 N–H and O–H groups in total. The number of sulfonamides is 1. The lowest BCUT2D eigenvalue weighted by Crippen LogP contribution is -2.51. The summed E-state index contributed by atoms with van der Waals surface area (Å²) >= 11 is 0. The number of hydrogen-bond acceptors (Lipinski definition) is 5. The summed E-state index contributed by atoms with van der Waals surface area (Å²) in [5.41, 5.74) is 0.953. The number of methoxy groups -OCH3 is 1. The Morgan fingerprint density at radius 1 is 1.03 bits per heavy atom. The van der Waals surface area contributed by atoms with Crippen molar-refractivity contribution in [1.29, 1.82) is 0 Å². The first-order valence-electron chi connectivity index (χ1n) is 12.2. The van der Waals surface area contributed by atoms with Gasteiger partial charge in [0.2, 0.25) is 15.9 Å². The average molecular weight is 505 g/mol. The quantitative estimate of drug-likeness (QED) is 0.407. The summed E-state index contributed by atoms with van der Waals surface area (Å²) in [6.45, 7) is 8.00. The van der Waals surface area contributed by atoms with Crippen LogP contribution in [-0.4, -0.2) is 56.1 Å².